The largest absolute Gasteiger partial charge is 0.486 e. The molecule has 7 heterocycles. The standard InChI is InChI=1S/C58H60ClF4N13O6/c1-30(2)50(56(79)75-16-4-5-47(75)55(78)70-46(27-77)35-12-10-33(11-13-35)40-23-65-29-68-53(40)59)67-25-45(73-64)34-8-6-32(7-9-34)28-81-52-49(48-31(3)43(60)21-44-41(48)24-69-74-44)42(58(61,62)63)20-39-51(52)71-57(82-38-14-17-80-18-15-38)72-54(39)76-26-36-19-37(76)22-66-36/h6-13,20-21,23-25,29-30,36-38,46-47,50,66,77H,4-5,14-19,22,26-28,64H2,1-3H3,(H,69,74)(H,70,78)/b67-25?,73-45+/t36-,37-,46?,47-,50-/m0/s1. The number of nitrogens with one attached hydrogen (secondary N) is 3. The number of aliphatic hydroxyl groups excluding tert-OH is 1. The molecule has 0 radical (unpaired) electrons. The summed E-state index contributed by atoms with van der Waals surface area (Å²) in [5, 5.41) is 28.2. The number of carbonyl (C=O) groups excluding carboxylic acids is 2. The number of amides is 2. The van der Waals surface area contributed by atoms with Gasteiger partial charge in [-0.1, -0.05) is 74.0 Å². The highest BCUT2D eigenvalue weighted by Gasteiger charge is 2.43. The molecule has 19 nitrogen and oxygen atoms in total. The Labute approximate surface area is 473 Å². The Bertz CT molecular complexity index is 3580. The van der Waals surface area contributed by atoms with Crippen LogP contribution in [-0.4, -0.2) is 134 Å². The predicted molar refractivity (Wildman–Crippen MR) is 300 cm³/mol. The third kappa shape index (κ3) is 11.3. The molecule has 24 heteroatoms. The number of hydrazone groups is 1. The summed E-state index contributed by atoms with van der Waals surface area (Å²) >= 11 is 6.27. The van der Waals surface area contributed by atoms with Crippen molar-refractivity contribution in [1.82, 2.24) is 45.7 Å². The summed E-state index contributed by atoms with van der Waals surface area (Å²) in [5.74, 6) is 4.13. The van der Waals surface area contributed by atoms with Crippen molar-refractivity contribution in [3.05, 3.63) is 118 Å². The van der Waals surface area contributed by atoms with Crippen LogP contribution in [0, 0.1) is 18.7 Å². The number of aliphatic imine (C=N–C) groups is 1. The van der Waals surface area contributed by atoms with Crippen molar-refractivity contribution in [3.63, 3.8) is 0 Å². The molecule has 4 fully saturated rings. The number of anilines is 1. The quantitative estimate of drug-likeness (QED) is 0.0191. The number of carbonyl (C=O) groups is 2. The second-order valence-corrected chi connectivity index (χ2v) is 21.7. The zero-order valence-electron chi connectivity index (χ0n) is 45.1. The van der Waals surface area contributed by atoms with Crippen LogP contribution in [0.3, 0.4) is 0 Å². The number of aromatic amines is 1. The maximum absolute atomic E-state index is 15.9. The number of aromatic nitrogens is 6. The third-order valence-corrected chi connectivity index (χ3v) is 16.1. The zero-order valence-corrected chi connectivity index (χ0v) is 45.8. The first-order valence-corrected chi connectivity index (χ1v) is 27.6. The number of hydrogen-bond donors (Lipinski definition) is 5. The lowest BCUT2D eigenvalue weighted by molar-refractivity contribution is -0.140. The van der Waals surface area contributed by atoms with E-state index in [0.29, 0.717) is 80.8 Å². The molecular formula is C58H60ClF4N13O6. The van der Waals surface area contributed by atoms with Gasteiger partial charge in [0, 0.05) is 83.8 Å². The average Bonchev–Trinajstić information content (AvgIpc) is 3.47. The lowest BCUT2D eigenvalue weighted by Crippen LogP contribution is -2.50. The van der Waals surface area contributed by atoms with Crippen molar-refractivity contribution in [2.45, 2.75) is 102 Å². The van der Waals surface area contributed by atoms with Crippen LogP contribution in [-0.2, 0) is 27.1 Å². The molecule has 2 amide bonds. The first kappa shape index (κ1) is 56.0. The van der Waals surface area contributed by atoms with Crippen LogP contribution >= 0.6 is 11.6 Å². The van der Waals surface area contributed by atoms with Gasteiger partial charge in [-0.2, -0.15) is 33.3 Å². The van der Waals surface area contributed by atoms with E-state index in [1.54, 1.807) is 54.7 Å². The van der Waals surface area contributed by atoms with E-state index in [4.69, 9.17) is 41.6 Å². The van der Waals surface area contributed by atoms with Gasteiger partial charge in [-0.3, -0.25) is 19.7 Å². The Morgan fingerprint density at radius 3 is 2.50 bits per heavy atom. The minimum absolute atomic E-state index is 0.0334. The third-order valence-electron chi connectivity index (χ3n) is 15.8. The fourth-order valence-electron chi connectivity index (χ4n) is 11.5. The minimum atomic E-state index is -4.98. The number of rotatable bonds is 17. The maximum Gasteiger partial charge on any atom is 0.417 e. The number of nitrogens with zero attached hydrogens (tertiary/aromatic N) is 9. The molecule has 0 aliphatic carbocycles. The van der Waals surface area contributed by atoms with Crippen LogP contribution in [0.1, 0.15) is 79.8 Å². The second-order valence-electron chi connectivity index (χ2n) is 21.4. The van der Waals surface area contributed by atoms with Gasteiger partial charge in [0.05, 0.1) is 49.4 Å². The summed E-state index contributed by atoms with van der Waals surface area (Å²) in [4.78, 5) is 54.2. The minimum Gasteiger partial charge on any atom is -0.486 e. The summed E-state index contributed by atoms with van der Waals surface area (Å²) in [6.07, 6.45) is 3.29. The molecule has 0 spiro atoms. The van der Waals surface area contributed by atoms with Crippen LogP contribution in [0.25, 0.3) is 44.1 Å². The van der Waals surface area contributed by atoms with Gasteiger partial charge in [0.15, 0.2) is 5.75 Å². The van der Waals surface area contributed by atoms with Crippen LogP contribution < -0.4 is 30.8 Å². The number of ether oxygens (including phenoxy) is 3. The fourth-order valence-corrected chi connectivity index (χ4v) is 11.7. The van der Waals surface area contributed by atoms with Crippen molar-refractivity contribution < 1.29 is 46.5 Å². The number of fused-ring (bicyclic) bond motifs is 4. The van der Waals surface area contributed by atoms with Crippen LogP contribution in [0.2, 0.25) is 5.15 Å². The highest BCUT2D eigenvalue weighted by molar-refractivity contribution is 6.38. The molecule has 11 rings (SSSR count). The number of nitrogens with two attached hydrogens (primary N) is 1. The highest BCUT2D eigenvalue weighted by Crippen LogP contribution is 2.51. The van der Waals surface area contributed by atoms with E-state index in [2.05, 4.69) is 40.9 Å². The van der Waals surface area contributed by atoms with Crippen molar-refractivity contribution in [2.75, 3.05) is 44.4 Å². The summed E-state index contributed by atoms with van der Waals surface area (Å²) in [5.41, 5.74) is 1.89. The zero-order chi connectivity index (χ0) is 57.4. The Morgan fingerprint density at radius 2 is 1.82 bits per heavy atom. The van der Waals surface area contributed by atoms with E-state index in [1.165, 1.54) is 36.6 Å². The SMILES string of the molecule is Cc1c(F)cc2[nH]ncc2c1-c1c(C(F)(F)F)cc2c(N3C[C@@H]4C[C@H]3CN4)nc(OC3CCOCC3)nc2c1OCc1ccc(/C(C=N[C@H](C(=O)N2CCC[C@H]2C(=O)NC(CO)c2ccc(-c3cncnc3Cl)cc2)C(C)C)=N/N)cc1. The lowest BCUT2D eigenvalue weighted by Gasteiger charge is -2.31. The molecule has 4 aromatic carbocycles. The molecule has 82 heavy (non-hydrogen) atoms. The lowest BCUT2D eigenvalue weighted by atomic mass is 9.90. The van der Waals surface area contributed by atoms with Gasteiger partial charge < -0.3 is 45.6 Å². The summed E-state index contributed by atoms with van der Waals surface area (Å²) in [6.45, 7) is 6.78. The van der Waals surface area contributed by atoms with E-state index in [9.17, 15) is 14.7 Å². The van der Waals surface area contributed by atoms with Crippen molar-refractivity contribution in [2.24, 2.45) is 21.9 Å². The monoisotopic (exact) mass is 1150 g/mol. The fraction of sp³-hybridized carbons (Fsp3) is 0.397. The van der Waals surface area contributed by atoms with E-state index >= 15 is 17.6 Å². The number of hydrogen-bond acceptors (Lipinski definition) is 16. The van der Waals surface area contributed by atoms with Gasteiger partial charge in [-0.25, -0.2) is 14.4 Å². The molecule has 428 valence electrons. The first-order valence-electron chi connectivity index (χ1n) is 27.2. The smallest absolute Gasteiger partial charge is 0.417 e. The van der Waals surface area contributed by atoms with E-state index in [1.807, 2.05) is 18.7 Å². The molecule has 2 bridgehead atoms. The summed E-state index contributed by atoms with van der Waals surface area (Å²) in [7, 11) is 0. The molecule has 4 aliphatic heterocycles. The number of benzene rings is 4. The molecule has 7 aromatic rings. The molecular weight excluding hydrogens is 1090 g/mol. The van der Waals surface area contributed by atoms with Crippen molar-refractivity contribution >= 4 is 63.0 Å². The normalized spacial score (nSPS) is 19.5. The van der Waals surface area contributed by atoms with Crippen LogP contribution in [0.5, 0.6) is 11.8 Å². The molecule has 6 N–H and O–H groups in total. The van der Waals surface area contributed by atoms with Gasteiger partial charge in [0.25, 0.3) is 0 Å². The number of H-pyrrole nitrogens is 1. The van der Waals surface area contributed by atoms with Crippen molar-refractivity contribution in [3.8, 4) is 34.0 Å². The Morgan fingerprint density at radius 1 is 1.04 bits per heavy atom. The summed E-state index contributed by atoms with van der Waals surface area (Å²) in [6, 6.07) is 13.7. The van der Waals surface area contributed by atoms with Gasteiger partial charge >= 0.3 is 12.2 Å². The summed E-state index contributed by atoms with van der Waals surface area (Å²) < 4.78 is 82.3. The predicted octanol–water partition coefficient (Wildman–Crippen LogP) is 8.04. The van der Waals surface area contributed by atoms with Gasteiger partial charge in [0.2, 0.25) is 11.8 Å². The molecule has 0 saturated carbocycles. The number of alkyl halides is 3. The Balaban J connectivity index is 0.867. The van der Waals surface area contributed by atoms with Crippen LogP contribution in [0.4, 0.5) is 23.4 Å². The topological polar surface area (TPSA) is 244 Å². The number of aliphatic hydroxyl groups is 1. The average molecular weight is 1150 g/mol. The van der Waals surface area contributed by atoms with Gasteiger partial charge in [0.1, 0.15) is 59.1 Å². The Hall–Kier alpha value is -7.86. The van der Waals surface area contributed by atoms with Crippen LogP contribution in [0.15, 0.2) is 89.5 Å². The molecule has 1 unspecified atom stereocenters. The van der Waals surface area contributed by atoms with Gasteiger partial charge in [-0.15, -0.1) is 0 Å². The molecule has 4 aliphatic rings. The number of likely N-dealkylation sites (tertiary alicyclic amines) is 1. The highest BCUT2D eigenvalue weighted by atomic mass is 35.5. The van der Waals surface area contributed by atoms with Crippen molar-refractivity contribution in [1.29, 1.82) is 0 Å². The maximum atomic E-state index is 15.9. The molecule has 4 saturated heterocycles. The second kappa shape index (κ2) is 23.5. The molecule has 5 atom stereocenters. The van der Waals surface area contributed by atoms with Gasteiger partial charge in [-0.05, 0) is 66.5 Å². The Kier molecular flexibility index (Phi) is 16.1. The number of piperazine rings is 1. The van der Waals surface area contributed by atoms with E-state index in [0.717, 1.165) is 18.1 Å². The van der Waals surface area contributed by atoms with E-state index in [-0.39, 0.29) is 98.0 Å². The number of halogens is 5. The molecule has 3 aromatic heterocycles. The van der Waals surface area contributed by atoms with E-state index < -0.39 is 53.8 Å². The first-order chi connectivity index (χ1) is 39.6.